The minimum atomic E-state index is -0.442. The summed E-state index contributed by atoms with van der Waals surface area (Å²) in [6.07, 6.45) is 0.761. The molecule has 2 rings (SSSR count). The number of rotatable bonds is 6. The molecule has 0 saturated carbocycles. The Morgan fingerprint density at radius 1 is 1.07 bits per heavy atom. The number of nitrogens with zero attached hydrogens (tertiary/aromatic N) is 1. The summed E-state index contributed by atoms with van der Waals surface area (Å²) < 4.78 is 4.65. The van der Waals surface area contributed by atoms with Crippen LogP contribution >= 0.6 is 0 Å². The van der Waals surface area contributed by atoms with Crippen molar-refractivity contribution in [2.75, 3.05) is 23.9 Å². The van der Waals surface area contributed by atoms with Crippen LogP contribution in [-0.4, -0.2) is 31.4 Å². The van der Waals surface area contributed by atoms with Gasteiger partial charge in [0.05, 0.1) is 18.4 Å². The standard InChI is InChI=1S/C21H24N2O4/c1-5-16-8-6-7-14(2)20(16)23(15(3)24)13-19(25)22-18-11-9-17(10-12-18)21(26)27-4/h6-12H,5,13H2,1-4H3,(H,22,25). The molecule has 0 atom stereocenters. The molecule has 0 bridgehead atoms. The molecule has 27 heavy (non-hydrogen) atoms. The zero-order valence-electron chi connectivity index (χ0n) is 16.0. The number of anilines is 2. The number of hydrogen-bond donors (Lipinski definition) is 1. The molecule has 2 aromatic carbocycles. The average Bonchev–Trinajstić information content (AvgIpc) is 2.66. The fourth-order valence-electron chi connectivity index (χ4n) is 2.89. The number of para-hydroxylation sites is 1. The van der Waals surface area contributed by atoms with Gasteiger partial charge in [0.15, 0.2) is 0 Å². The molecule has 0 spiro atoms. The fourth-order valence-corrected chi connectivity index (χ4v) is 2.89. The first-order chi connectivity index (χ1) is 12.9. The Labute approximate surface area is 159 Å². The molecule has 0 aliphatic heterocycles. The molecule has 0 aromatic heterocycles. The van der Waals surface area contributed by atoms with Crippen LogP contribution in [-0.2, 0) is 20.7 Å². The first kappa shape index (κ1) is 20.2. The third-order valence-electron chi connectivity index (χ3n) is 4.24. The van der Waals surface area contributed by atoms with Crippen LogP contribution in [0.4, 0.5) is 11.4 Å². The molecule has 0 unspecified atom stereocenters. The maximum atomic E-state index is 12.5. The lowest BCUT2D eigenvalue weighted by Crippen LogP contribution is -2.37. The molecule has 142 valence electrons. The topological polar surface area (TPSA) is 75.7 Å². The van der Waals surface area contributed by atoms with Crippen LogP contribution in [0.2, 0.25) is 0 Å². The van der Waals surface area contributed by atoms with E-state index in [2.05, 4.69) is 10.1 Å². The lowest BCUT2D eigenvalue weighted by molar-refractivity contribution is -0.120. The molecule has 2 amide bonds. The fraction of sp³-hybridized carbons (Fsp3) is 0.286. The van der Waals surface area contributed by atoms with Gasteiger partial charge < -0.3 is 15.0 Å². The van der Waals surface area contributed by atoms with E-state index in [1.165, 1.54) is 18.9 Å². The summed E-state index contributed by atoms with van der Waals surface area (Å²) in [6.45, 7) is 5.30. The summed E-state index contributed by atoms with van der Waals surface area (Å²) in [7, 11) is 1.31. The maximum absolute atomic E-state index is 12.5. The summed E-state index contributed by atoms with van der Waals surface area (Å²) in [5.41, 5.74) is 3.67. The summed E-state index contributed by atoms with van der Waals surface area (Å²) in [5.74, 6) is -0.959. The summed E-state index contributed by atoms with van der Waals surface area (Å²) in [4.78, 5) is 37.6. The summed E-state index contributed by atoms with van der Waals surface area (Å²) >= 11 is 0. The molecule has 6 heteroatoms. The lowest BCUT2D eigenvalue weighted by Gasteiger charge is -2.25. The first-order valence-electron chi connectivity index (χ1n) is 8.72. The number of carbonyl (C=O) groups is 3. The van der Waals surface area contributed by atoms with Crippen molar-refractivity contribution in [1.82, 2.24) is 0 Å². The van der Waals surface area contributed by atoms with Gasteiger partial charge in [-0.15, -0.1) is 0 Å². The van der Waals surface area contributed by atoms with Gasteiger partial charge >= 0.3 is 5.97 Å². The van der Waals surface area contributed by atoms with Crippen LogP contribution in [0.5, 0.6) is 0 Å². The minimum Gasteiger partial charge on any atom is -0.465 e. The number of esters is 1. The molecule has 0 radical (unpaired) electrons. The molecule has 0 aliphatic rings. The molecule has 0 saturated heterocycles. The van der Waals surface area contributed by atoms with Gasteiger partial charge in [0.1, 0.15) is 6.54 Å². The van der Waals surface area contributed by atoms with E-state index in [0.29, 0.717) is 11.3 Å². The molecule has 0 fully saturated rings. The highest BCUT2D eigenvalue weighted by Gasteiger charge is 2.20. The number of carbonyl (C=O) groups excluding carboxylic acids is 3. The number of benzene rings is 2. The van der Waals surface area contributed by atoms with Crippen LogP contribution in [0.15, 0.2) is 42.5 Å². The first-order valence-corrected chi connectivity index (χ1v) is 8.72. The Hall–Kier alpha value is -3.15. The highest BCUT2D eigenvalue weighted by molar-refractivity contribution is 6.02. The van der Waals surface area contributed by atoms with Gasteiger partial charge in [-0.1, -0.05) is 25.1 Å². The van der Waals surface area contributed by atoms with Gasteiger partial charge in [0.25, 0.3) is 0 Å². The zero-order chi connectivity index (χ0) is 20.0. The Morgan fingerprint density at radius 2 is 1.74 bits per heavy atom. The van der Waals surface area contributed by atoms with Gasteiger partial charge in [-0.25, -0.2) is 4.79 Å². The van der Waals surface area contributed by atoms with E-state index in [4.69, 9.17) is 0 Å². The predicted octanol–water partition coefficient (Wildman–Crippen LogP) is 3.34. The number of nitrogens with one attached hydrogen (secondary N) is 1. The third kappa shape index (κ3) is 4.94. The predicted molar refractivity (Wildman–Crippen MR) is 105 cm³/mol. The normalized spacial score (nSPS) is 10.2. The van der Waals surface area contributed by atoms with Crippen molar-refractivity contribution in [2.24, 2.45) is 0 Å². The van der Waals surface area contributed by atoms with Crippen molar-refractivity contribution in [3.05, 3.63) is 59.2 Å². The van der Waals surface area contributed by atoms with Crippen LogP contribution < -0.4 is 10.2 Å². The van der Waals surface area contributed by atoms with E-state index in [1.807, 2.05) is 32.0 Å². The quantitative estimate of drug-likeness (QED) is 0.794. The van der Waals surface area contributed by atoms with Crippen LogP contribution in [0, 0.1) is 6.92 Å². The third-order valence-corrected chi connectivity index (χ3v) is 4.24. The van der Waals surface area contributed by atoms with Crippen molar-refractivity contribution < 1.29 is 19.1 Å². The second-order valence-corrected chi connectivity index (χ2v) is 6.16. The minimum absolute atomic E-state index is 0.0913. The number of aryl methyl sites for hydroxylation is 2. The van der Waals surface area contributed by atoms with Gasteiger partial charge in [-0.3, -0.25) is 9.59 Å². The van der Waals surface area contributed by atoms with E-state index in [0.717, 1.165) is 23.2 Å². The van der Waals surface area contributed by atoms with E-state index < -0.39 is 5.97 Å². The molecular weight excluding hydrogens is 344 g/mol. The zero-order valence-corrected chi connectivity index (χ0v) is 16.0. The van der Waals surface area contributed by atoms with E-state index in [1.54, 1.807) is 24.3 Å². The van der Waals surface area contributed by atoms with Crippen molar-refractivity contribution in [2.45, 2.75) is 27.2 Å². The Morgan fingerprint density at radius 3 is 2.30 bits per heavy atom. The van der Waals surface area contributed by atoms with E-state index in [-0.39, 0.29) is 18.4 Å². The van der Waals surface area contributed by atoms with Crippen LogP contribution in [0.1, 0.15) is 35.3 Å². The molecule has 0 aliphatic carbocycles. The Bertz CT molecular complexity index is 844. The number of hydrogen-bond acceptors (Lipinski definition) is 4. The Kier molecular flexibility index (Phi) is 6.71. The van der Waals surface area contributed by atoms with Gasteiger partial charge in [-0.2, -0.15) is 0 Å². The van der Waals surface area contributed by atoms with Crippen LogP contribution in [0.25, 0.3) is 0 Å². The molecular formula is C21H24N2O4. The average molecular weight is 368 g/mol. The molecule has 0 heterocycles. The number of ether oxygens (including phenoxy) is 1. The van der Waals surface area contributed by atoms with Gasteiger partial charge in [0.2, 0.25) is 11.8 Å². The van der Waals surface area contributed by atoms with Crippen LogP contribution in [0.3, 0.4) is 0 Å². The highest BCUT2D eigenvalue weighted by atomic mass is 16.5. The highest BCUT2D eigenvalue weighted by Crippen LogP contribution is 2.26. The van der Waals surface area contributed by atoms with Gasteiger partial charge in [-0.05, 0) is 48.7 Å². The van der Waals surface area contributed by atoms with E-state index in [9.17, 15) is 14.4 Å². The van der Waals surface area contributed by atoms with Crippen molar-refractivity contribution in [1.29, 1.82) is 0 Å². The second-order valence-electron chi connectivity index (χ2n) is 6.16. The lowest BCUT2D eigenvalue weighted by atomic mass is 10.0. The Balaban J connectivity index is 2.17. The van der Waals surface area contributed by atoms with Crippen molar-refractivity contribution in [3.8, 4) is 0 Å². The molecule has 2 aromatic rings. The largest absolute Gasteiger partial charge is 0.465 e. The SMILES string of the molecule is CCc1cccc(C)c1N(CC(=O)Nc1ccc(C(=O)OC)cc1)C(C)=O. The van der Waals surface area contributed by atoms with E-state index >= 15 is 0 Å². The van der Waals surface area contributed by atoms with Crippen molar-refractivity contribution in [3.63, 3.8) is 0 Å². The smallest absolute Gasteiger partial charge is 0.337 e. The molecule has 6 nitrogen and oxygen atoms in total. The monoisotopic (exact) mass is 368 g/mol. The molecule has 1 N–H and O–H groups in total. The summed E-state index contributed by atoms with van der Waals surface area (Å²) in [5, 5.41) is 2.75. The summed E-state index contributed by atoms with van der Waals surface area (Å²) in [6, 6.07) is 12.2. The number of amides is 2. The number of methoxy groups -OCH3 is 1. The second kappa shape index (κ2) is 8.98. The van der Waals surface area contributed by atoms with Crippen molar-refractivity contribution >= 4 is 29.2 Å². The van der Waals surface area contributed by atoms with Gasteiger partial charge in [0, 0.05) is 12.6 Å². The maximum Gasteiger partial charge on any atom is 0.337 e.